The van der Waals surface area contributed by atoms with Gasteiger partial charge in [0.25, 0.3) is 0 Å². The second kappa shape index (κ2) is 6.96. The molecule has 0 unspecified atom stereocenters. The van der Waals surface area contributed by atoms with E-state index in [4.69, 9.17) is 9.47 Å². The molecule has 0 spiro atoms. The lowest BCUT2D eigenvalue weighted by atomic mass is 10.2. The first-order valence-corrected chi connectivity index (χ1v) is 6.79. The molecule has 0 aliphatic carbocycles. The maximum atomic E-state index is 11.7. The Kier molecular flexibility index (Phi) is 5.01. The van der Waals surface area contributed by atoms with Gasteiger partial charge in [-0.3, -0.25) is 5.32 Å². The van der Waals surface area contributed by atoms with E-state index in [1.807, 2.05) is 30.3 Å². The number of amides is 1. The average Bonchev–Trinajstić information content (AvgIpc) is 2.45. The molecule has 1 amide bonds. The molecule has 0 saturated carbocycles. The van der Waals surface area contributed by atoms with Gasteiger partial charge in [0.05, 0.1) is 7.11 Å². The minimum absolute atomic E-state index is 0.234. The summed E-state index contributed by atoms with van der Waals surface area (Å²) in [7, 11) is 1.57. The van der Waals surface area contributed by atoms with Crippen LogP contribution in [0.3, 0.4) is 0 Å². The predicted octanol–water partition coefficient (Wildman–Crippen LogP) is 4.21. The van der Waals surface area contributed by atoms with Gasteiger partial charge in [0.1, 0.15) is 12.4 Å². The average molecular weight is 336 g/mol. The molecule has 0 bridgehead atoms. The van der Waals surface area contributed by atoms with Crippen LogP contribution >= 0.6 is 15.9 Å². The molecule has 0 radical (unpaired) electrons. The summed E-state index contributed by atoms with van der Waals surface area (Å²) in [5, 5.41) is 2.66. The van der Waals surface area contributed by atoms with Gasteiger partial charge in [0.2, 0.25) is 0 Å². The molecule has 5 heteroatoms. The molecule has 2 aromatic carbocycles. The standard InChI is InChI=1S/C15H14BrNO3/c1-19-14-8-12(16)7-13(9-14)17-15(18)20-10-11-5-3-2-4-6-11/h2-9H,10H2,1H3,(H,17,18). The Hall–Kier alpha value is -2.01. The number of anilines is 1. The number of hydrogen-bond donors (Lipinski definition) is 1. The molecule has 0 atom stereocenters. The maximum Gasteiger partial charge on any atom is 0.411 e. The van der Waals surface area contributed by atoms with Gasteiger partial charge in [-0.2, -0.15) is 0 Å². The van der Waals surface area contributed by atoms with Crippen LogP contribution in [0.5, 0.6) is 5.75 Å². The largest absolute Gasteiger partial charge is 0.497 e. The molecule has 1 N–H and O–H groups in total. The summed E-state index contributed by atoms with van der Waals surface area (Å²) in [6, 6.07) is 14.8. The van der Waals surface area contributed by atoms with Gasteiger partial charge in [-0.15, -0.1) is 0 Å². The highest BCUT2D eigenvalue weighted by atomic mass is 79.9. The smallest absolute Gasteiger partial charge is 0.411 e. The highest BCUT2D eigenvalue weighted by molar-refractivity contribution is 9.10. The van der Waals surface area contributed by atoms with Crippen molar-refractivity contribution in [1.82, 2.24) is 0 Å². The number of carbonyl (C=O) groups excluding carboxylic acids is 1. The summed E-state index contributed by atoms with van der Waals surface area (Å²) in [6.07, 6.45) is -0.506. The zero-order valence-corrected chi connectivity index (χ0v) is 12.5. The van der Waals surface area contributed by atoms with Gasteiger partial charge in [0.15, 0.2) is 0 Å². The topological polar surface area (TPSA) is 47.6 Å². The highest BCUT2D eigenvalue weighted by Crippen LogP contribution is 2.24. The maximum absolute atomic E-state index is 11.7. The Morgan fingerprint density at radius 1 is 1.20 bits per heavy atom. The van der Waals surface area contributed by atoms with Gasteiger partial charge < -0.3 is 9.47 Å². The van der Waals surface area contributed by atoms with Gasteiger partial charge in [-0.25, -0.2) is 4.79 Å². The van der Waals surface area contributed by atoms with Gasteiger partial charge in [-0.1, -0.05) is 46.3 Å². The zero-order valence-electron chi connectivity index (χ0n) is 10.9. The van der Waals surface area contributed by atoms with Crippen molar-refractivity contribution in [3.05, 3.63) is 58.6 Å². The predicted molar refractivity (Wildman–Crippen MR) is 80.9 cm³/mol. The van der Waals surface area contributed by atoms with Crippen molar-refractivity contribution in [1.29, 1.82) is 0 Å². The van der Waals surface area contributed by atoms with Crippen molar-refractivity contribution in [3.63, 3.8) is 0 Å². The molecule has 0 aromatic heterocycles. The van der Waals surface area contributed by atoms with Crippen LogP contribution < -0.4 is 10.1 Å². The van der Waals surface area contributed by atoms with Crippen LogP contribution in [0, 0.1) is 0 Å². The number of rotatable bonds is 4. The van der Waals surface area contributed by atoms with Crippen LogP contribution in [0.25, 0.3) is 0 Å². The zero-order chi connectivity index (χ0) is 14.4. The minimum Gasteiger partial charge on any atom is -0.497 e. The summed E-state index contributed by atoms with van der Waals surface area (Å²) in [6.45, 7) is 0.234. The number of halogens is 1. The van der Waals surface area contributed by atoms with E-state index < -0.39 is 6.09 Å². The first kappa shape index (κ1) is 14.4. The Morgan fingerprint density at radius 3 is 2.65 bits per heavy atom. The van der Waals surface area contributed by atoms with E-state index in [0.717, 1.165) is 10.0 Å². The van der Waals surface area contributed by atoms with Gasteiger partial charge in [0, 0.05) is 16.2 Å². The molecule has 104 valence electrons. The molecule has 0 aliphatic rings. The Bertz CT molecular complexity index is 587. The van der Waals surface area contributed by atoms with E-state index in [9.17, 15) is 4.79 Å². The van der Waals surface area contributed by atoms with Crippen LogP contribution in [0.2, 0.25) is 0 Å². The lowest BCUT2D eigenvalue weighted by Gasteiger charge is -2.09. The molecule has 0 heterocycles. The van der Waals surface area contributed by atoms with Crippen LogP contribution in [-0.4, -0.2) is 13.2 Å². The summed E-state index contributed by atoms with van der Waals surface area (Å²) in [4.78, 5) is 11.7. The number of ether oxygens (including phenoxy) is 2. The lowest BCUT2D eigenvalue weighted by Crippen LogP contribution is -2.13. The third-order valence-electron chi connectivity index (χ3n) is 2.57. The molecule has 0 saturated heterocycles. The Labute approximate surface area is 125 Å². The quantitative estimate of drug-likeness (QED) is 0.910. The fourth-order valence-corrected chi connectivity index (χ4v) is 2.10. The Morgan fingerprint density at radius 2 is 1.95 bits per heavy atom. The van der Waals surface area contributed by atoms with Crippen molar-refractivity contribution in [2.45, 2.75) is 6.61 Å². The fraction of sp³-hybridized carbons (Fsp3) is 0.133. The number of carbonyl (C=O) groups is 1. The Balaban J connectivity index is 1.93. The van der Waals surface area contributed by atoms with E-state index in [-0.39, 0.29) is 6.61 Å². The monoisotopic (exact) mass is 335 g/mol. The van der Waals surface area contributed by atoms with Crippen molar-refractivity contribution < 1.29 is 14.3 Å². The van der Waals surface area contributed by atoms with E-state index in [0.29, 0.717) is 11.4 Å². The van der Waals surface area contributed by atoms with E-state index >= 15 is 0 Å². The number of nitrogens with one attached hydrogen (secondary N) is 1. The summed E-state index contributed by atoms with van der Waals surface area (Å²) < 4.78 is 11.1. The third kappa shape index (κ3) is 4.28. The SMILES string of the molecule is COc1cc(Br)cc(NC(=O)OCc2ccccc2)c1. The molecule has 20 heavy (non-hydrogen) atoms. The number of benzene rings is 2. The van der Waals surface area contributed by atoms with Crippen molar-refractivity contribution >= 4 is 27.7 Å². The third-order valence-corrected chi connectivity index (χ3v) is 3.02. The fourth-order valence-electron chi connectivity index (χ4n) is 1.63. The van der Waals surface area contributed by atoms with E-state index in [1.165, 1.54) is 0 Å². The summed E-state index contributed by atoms with van der Waals surface area (Å²) in [5.74, 6) is 0.651. The lowest BCUT2D eigenvalue weighted by molar-refractivity contribution is 0.155. The number of methoxy groups -OCH3 is 1. The van der Waals surface area contributed by atoms with E-state index in [1.54, 1.807) is 25.3 Å². The first-order valence-electron chi connectivity index (χ1n) is 5.99. The van der Waals surface area contributed by atoms with Crippen molar-refractivity contribution in [2.75, 3.05) is 12.4 Å². The van der Waals surface area contributed by atoms with Crippen LogP contribution in [0.15, 0.2) is 53.0 Å². The van der Waals surface area contributed by atoms with Crippen LogP contribution in [0.4, 0.5) is 10.5 Å². The first-order chi connectivity index (χ1) is 9.67. The van der Waals surface area contributed by atoms with Crippen LogP contribution in [-0.2, 0) is 11.3 Å². The summed E-state index contributed by atoms with van der Waals surface area (Å²) in [5.41, 5.74) is 1.55. The molecule has 0 fully saturated rings. The second-order valence-electron chi connectivity index (χ2n) is 4.07. The molecule has 2 rings (SSSR count). The molecule has 4 nitrogen and oxygen atoms in total. The van der Waals surface area contributed by atoms with Crippen molar-refractivity contribution in [2.24, 2.45) is 0 Å². The van der Waals surface area contributed by atoms with Gasteiger partial charge in [-0.05, 0) is 17.7 Å². The van der Waals surface area contributed by atoms with Crippen molar-refractivity contribution in [3.8, 4) is 5.75 Å². The van der Waals surface area contributed by atoms with Crippen LogP contribution in [0.1, 0.15) is 5.56 Å². The van der Waals surface area contributed by atoms with E-state index in [2.05, 4.69) is 21.2 Å². The minimum atomic E-state index is -0.506. The number of hydrogen-bond acceptors (Lipinski definition) is 3. The second-order valence-corrected chi connectivity index (χ2v) is 4.98. The highest BCUT2D eigenvalue weighted by Gasteiger charge is 2.06. The molecule has 0 aliphatic heterocycles. The molecular weight excluding hydrogens is 322 g/mol. The molecular formula is C15H14BrNO3. The summed E-state index contributed by atoms with van der Waals surface area (Å²) >= 11 is 3.35. The van der Waals surface area contributed by atoms with Gasteiger partial charge >= 0.3 is 6.09 Å². The molecule has 2 aromatic rings. The normalized spacial score (nSPS) is 9.90.